The van der Waals surface area contributed by atoms with E-state index in [9.17, 15) is 22.0 Å². The van der Waals surface area contributed by atoms with Crippen molar-refractivity contribution in [1.82, 2.24) is 0 Å². The Labute approximate surface area is 134 Å². The predicted molar refractivity (Wildman–Crippen MR) is 81.9 cm³/mol. The molecule has 0 aliphatic carbocycles. The van der Waals surface area contributed by atoms with Gasteiger partial charge in [-0.05, 0) is 30.3 Å². The predicted octanol–water partition coefficient (Wildman–Crippen LogP) is 4.75. The molecule has 0 saturated carbocycles. The molecule has 0 bridgehead atoms. The minimum atomic E-state index is -2.22. The van der Waals surface area contributed by atoms with Crippen LogP contribution in [0.3, 0.4) is 0 Å². The molecule has 0 spiro atoms. The fourth-order valence-corrected chi connectivity index (χ4v) is 2.14. The smallest absolute Gasteiger partial charge is 0.200 e. The Kier molecular flexibility index (Phi) is 5.15. The van der Waals surface area contributed by atoms with Gasteiger partial charge in [-0.15, -0.1) is 0 Å². The molecule has 0 fully saturated rings. The van der Waals surface area contributed by atoms with E-state index in [-0.39, 0.29) is 5.11 Å². The fourth-order valence-electron chi connectivity index (χ4n) is 1.93. The van der Waals surface area contributed by atoms with Gasteiger partial charge in [0.2, 0.25) is 5.82 Å². The lowest BCUT2D eigenvalue weighted by Gasteiger charge is -2.15. The highest BCUT2D eigenvalue weighted by Crippen LogP contribution is 2.27. The van der Waals surface area contributed by atoms with E-state index in [0.717, 1.165) is 5.56 Å². The maximum atomic E-state index is 13.6. The third kappa shape index (κ3) is 3.42. The summed E-state index contributed by atoms with van der Waals surface area (Å²) in [6, 6.07) is 6.99. The normalized spacial score (nSPS) is 10.5. The zero-order valence-electron chi connectivity index (χ0n) is 11.8. The first-order valence-electron chi connectivity index (χ1n) is 6.54. The van der Waals surface area contributed by atoms with Gasteiger partial charge in [0.15, 0.2) is 28.4 Å². The molecule has 2 aromatic rings. The van der Waals surface area contributed by atoms with Crippen molar-refractivity contribution in [3.63, 3.8) is 0 Å². The van der Waals surface area contributed by atoms with E-state index in [2.05, 4.69) is 5.32 Å². The molecule has 0 aliphatic rings. The lowest BCUT2D eigenvalue weighted by atomic mass is 10.1. The number of para-hydroxylation sites is 1. The third-order valence-corrected chi connectivity index (χ3v) is 3.30. The summed E-state index contributed by atoms with van der Waals surface area (Å²) in [5, 5.41) is 4.38. The summed E-state index contributed by atoms with van der Waals surface area (Å²) in [6.45, 7) is 1.89. The second kappa shape index (κ2) is 6.91. The molecule has 0 radical (unpaired) electrons. The molecule has 2 rings (SSSR count). The van der Waals surface area contributed by atoms with Gasteiger partial charge in [-0.25, -0.2) is 22.0 Å². The monoisotopic (exact) mass is 346 g/mol. The molecule has 0 amide bonds. The summed E-state index contributed by atoms with van der Waals surface area (Å²) < 4.78 is 66.4. The Morgan fingerprint density at radius 1 is 0.870 bits per heavy atom. The van der Waals surface area contributed by atoms with Gasteiger partial charge in [0.25, 0.3) is 0 Å². The Balaban J connectivity index is 2.28. The molecule has 2 aromatic carbocycles. The Morgan fingerprint density at radius 2 is 1.39 bits per heavy atom. The SMILES string of the molecule is CCc1ccccc1NC(=S)Nc1c(F)c(F)c(F)c(F)c1F. The minimum absolute atomic E-state index is 0.297. The second-order valence-electron chi connectivity index (χ2n) is 4.53. The van der Waals surface area contributed by atoms with Crippen LogP contribution in [0.5, 0.6) is 0 Å². The molecule has 23 heavy (non-hydrogen) atoms. The van der Waals surface area contributed by atoms with Crippen molar-refractivity contribution in [3.8, 4) is 0 Å². The largest absolute Gasteiger partial charge is 0.332 e. The molecule has 8 heteroatoms. The van der Waals surface area contributed by atoms with Crippen LogP contribution >= 0.6 is 12.2 Å². The van der Waals surface area contributed by atoms with E-state index in [4.69, 9.17) is 12.2 Å². The van der Waals surface area contributed by atoms with Crippen molar-refractivity contribution in [3.05, 3.63) is 58.9 Å². The van der Waals surface area contributed by atoms with Gasteiger partial charge in [-0.2, -0.15) is 0 Å². The van der Waals surface area contributed by atoms with Crippen molar-refractivity contribution >= 4 is 28.7 Å². The first kappa shape index (κ1) is 17.1. The molecule has 0 saturated heterocycles. The molecule has 0 aliphatic heterocycles. The van der Waals surface area contributed by atoms with Gasteiger partial charge in [0.05, 0.1) is 0 Å². The van der Waals surface area contributed by atoms with Crippen molar-refractivity contribution in [2.45, 2.75) is 13.3 Å². The van der Waals surface area contributed by atoms with Crippen LogP contribution in [0.2, 0.25) is 0 Å². The molecule has 0 aromatic heterocycles. The molecule has 0 atom stereocenters. The molecular weight excluding hydrogens is 335 g/mol. The Hall–Kier alpha value is -2.22. The van der Waals surface area contributed by atoms with E-state index in [1.165, 1.54) is 0 Å². The van der Waals surface area contributed by atoms with E-state index < -0.39 is 34.8 Å². The highest BCUT2D eigenvalue weighted by Gasteiger charge is 2.26. The number of hydrogen-bond donors (Lipinski definition) is 2. The van der Waals surface area contributed by atoms with Crippen LogP contribution in [0.25, 0.3) is 0 Å². The van der Waals surface area contributed by atoms with Crippen molar-refractivity contribution in [1.29, 1.82) is 0 Å². The number of benzene rings is 2. The summed E-state index contributed by atoms with van der Waals surface area (Å²) in [5.41, 5.74) is 0.235. The standard InChI is InChI=1S/C15H11F5N2S/c1-2-7-5-3-4-6-8(7)21-15(23)22-14-12(19)10(17)9(16)11(18)13(14)20/h3-6H,2H2,1H3,(H2,21,22,23). The summed E-state index contributed by atoms with van der Waals surface area (Å²) in [5.74, 6) is -10.3. The maximum Gasteiger partial charge on any atom is 0.200 e. The van der Waals surface area contributed by atoms with E-state index in [1.807, 2.05) is 18.3 Å². The number of halogens is 5. The quantitative estimate of drug-likeness (QED) is 0.363. The molecule has 0 heterocycles. The average Bonchev–Trinajstić information content (AvgIpc) is 2.55. The average molecular weight is 346 g/mol. The molecule has 122 valence electrons. The first-order valence-corrected chi connectivity index (χ1v) is 6.95. The van der Waals surface area contributed by atoms with Crippen molar-refractivity contribution in [2.24, 2.45) is 0 Å². The van der Waals surface area contributed by atoms with Gasteiger partial charge < -0.3 is 10.6 Å². The van der Waals surface area contributed by atoms with Crippen LogP contribution in [-0.4, -0.2) is 5.11 Å². The van der Waals surface area contributed by atoms with Gasteiger partial charge in [-0.3, -0.25) is 0 Å². The maximum absolute atomic E-state index is 13.6. The van der Waals surface area contributed by atoms with Gasteiger partial charge in [0.1, 0.15) is 5.69 Å². The third-order valence-electron chi connectivity index (χ3n) is 3.09. The van der Waals surface area contributed by atoms with Crippen LogP contribution in [0.4, 0.5) is 33.3 Å². The summed E-state index contributed by atoms with van der Waals surface area (Å²) in [4.78, 5) is 0. The lowest BCUT2D eigenvalue weighted by Crippen LogP contribution is -2.22. The van der Waals surface area contributed by atoms with Crippen LogP contribution in [-0.2, 0) is 6.42 Å². The molecule has 2 nitrogen and oxygen atoms in total. The Morgan fingerprint density at radius 3 is 1.96 bits per heavy atom. The van der Waals surface area contributed by atoms with Gasteiger partial charge >= 0.3 is 0 Å². The van der Waals surface area contributed by atoms with E-state index >= 15 is 0 Å². The van der Waals surface area contributed by atoms with Crippen LogP contribution in [0, 0.1) is 29.1 Å². The summed E-state index contributed by atoms with van der Waals surface area (Å²) in [6.07, 6.45) is 0.661. The van der Waals surface area contributed by atoms with Gasteiger partial charge in [0, 0.05) is 5.69 Å². The summed E-state index contributed by atoms with van der Waals surface area (Å²) in [7, 11) is 0. The molecule has 0 unspecified atom stereocenters. The second-order valence-corrected chi connectivity index (χ2v) is 4.94. The number of thiocarbonyl (C=S) groups is 1. The Bertz CT molecular complexity index is 735. The zero-order chi connectivity index (χ0) is 17.1. The highest BCUT2D eigenvalue weighted by molar-refractivity contribution is 7.80. The van der Waals surface area contributed by atoms with E-state index in [1.54, 1.807) is 18.2 Å². The topological polar surface area (TPSA) is 24.1 Å². The number of rotatable bonds is 3. The number of anilines is 2. The number of aryl methyl sites for hydroxylation is 1. The fraction of sp³-hybridized carbons (Fsp3) is 0.133. The molecule has 2 N–H and O–H groups in total. The van der Waals surface area contributed by atoms with Crippen molar-refractivity contribution in [2.75, 3.05) is 10.6 Å². The highest BCUT2D eigenvalue weighted by atomic mass is 32.1. The van der Waals surface area contributed by atoms with Crippen LogP contribution in [0.15, 0.2) is 24.3 Å². The van der Waals surface area contributed by atoms with Crippen molar-refractivity contribution < 1.29 is 22.0 Å². The van der Waals surface area contributed by atoms with Crippen LogP contribution in [0.1, 0.15) is 12.5 Å². The lowest BCUT2D eigenvalue weighted by molar-refractivity contribution is 0.382. The van der Waals surface area contributed by atoms with E-state index in [0.29, 0.717) is 12.1 Å². The number of hydrogen-bond acceptors (Lipinski definition) is 1. The minimum Gasteiger partial charge on any atom is -0.332 e. The first-order chi connectivity index (χ1) is 10.9. The van der Waals surface area contributed by atoms with Crippen LogP contribution < -0.4 is 10.6 Å². The number of nitrogens with one attached hydrogen (secondary N) is 2. The summed E-state index contributed by atoms with van der Waals surface area (Å²) >= 11 is 4.87. The van der Waals surface area contributed by atoms with Gasteiger partial charge in [-0.1, -0.05) is 25.1 Å². The molecular formula is C15H11F5N2S. The zero-order valence-corrected chi connectivity index (χ0v) is 12.6.